The summed E-state index contributed by atoms with van der Waals surface area (Å²) in [5.74, 6) is 0.992. The fourth-order valence-corrected chi connectivity index (χ4v) is 3.55. The van der Waals surface area contributed by atoms with Crippen LogP contribution < -0.4 is 19.9 Å². The molecular formula is C21H25N5O3. The molecule has 0 saturated carbocycles. The fourth-order valence-electron chi connectivity index (χ4n) is 3.55. The van der Waals surface area contributed by atoms with E-state index < -0.39 is 6.10 Å². The number of anilines is 3. The molecule has 1 fully saturated rings. The number of nitrogens with zero attached hydrogens (tertiary/aromatic N) is 4. The van der Waals surface area contributed by atoms with Crippen molar-refractivity contribution >= 4 is 29.0 Å². The summed E-state index contributed by atoms with van der Waals surface area (Å²) in [5.41, 5.74) is 1.21. The van der Waals surface area contributed by atoms with Crippen molar-refractivity contribution in [2.24, 2.45) is 0 Å². The summed E-state index contributed by atoms with van der Waals surface area (Å²) in [6, 6.07) is 11.0. The molecule has 2 aliphatic rings. The van der Waals surface area contributed by atoms with E-state index in [9.17, 15) is 9.59 Å². The predicted molar refractivity (Wildman–Crippen MR) is 111 cm³/mol. The van der Waals surface area contributed by atoms with E-state index >= 15 is 0 Å². The zero-order chi connectivity index (χ0) is 20.4. The lowest BCUT2D eigenvalue weighted by molar-refractivity contribution is -0.127. The van der Waals surface area contributed by atoms with Gasteiger partial charge in [-0.15, -0.1) is 0 Å². The molecule has 0 spiro atoms. The van der Waals surface area contributed by atoms with Gasteiger partial charge in [0.2, 0.25) is 5.91 Å². The number of benzene rings is 1. The van der Waals surface area contributed by atoms with Crippen LogP contribution in [-0.4, -0.2) is 67.6 Å². The van der Waals surface area contributed by atoms with Gasteiger partial charge < -0.3 is 19.9 Å². The van der Waals surface area contributed by atoms with Crippen molar-refractivity contribution in [3.63, 3.8) is 0 Å². The van der Waals surface area contributed by atoms with Gasteiger partial charge in [0.1, 0.15) is 18.1 Å². The number of rotatable bonds is 4. The highest BCUT2D eigenvalue weighted by Crippen LogP contribution is 2.33. The van der Waals surface area contributed by atoms with Crippen LogP contribution in [0.4, 0.5) is 17.2 Å². The first-order chi connectivity index (χ1) is 14.0. The van der Waals surface area contributed by atoms with Crippen LogP contribution in [0, 0.1) is 0 Å². The molecule has 3 heterocycles. The van der Waals surface area contributed by atoms with E-state index in [1.165, 1.54) is 4.90 Å². The Morgan fingerprint density at radius 1 is 1.17 bits per heavy atom. The summed E-state index contributed by atoms with van der Waals surface area (Å²) < 4.78 is 5.61. The summed E-state index contributed by atoms with van der Waals surface area (Å²) in [6.07, 6.45) is 1.03. The van der Waals surface area contributed by atoms with Crippen molar-refractivity contribution in [3.8, 4) is 5.75 Å². The van der Waals surface area contributed by atoms with Gasteiger partial charge in [-0.1, -0.05) is 12.1 Å². The number of aromatic nitrogens is 1. The Bertz CT molecular complexity index is 893. The third-order valence-corrected chi connectivity index (χ3v) is 5.23. The zero-order valence-corrected chi connectivity index (χ0v) is 16.7. The number of pyridine rings is 1. The summed E-state index contributed by atoms with van der Waals surface area (Å²) in [7, 11) is 2.11. The molecule has 1 saturated heterocycles. The minimum atomic E-state index is -0.623. The number of para-hydroxylation sites is 2. The zero-order valence-electron chi connectivity index (χ0n) is 16.7. The molecule has 1 atom stereocenters. The highest BCUT2D eigenvalue weighted by Gasteiger charge is 2.32. The number of hydrogen-bond donors (Lipinski definition) is 1. The first-order valence-electron chi connectivity index (χ1n) is 9.78. The maximum absolute atomic E-state index is 12.6. The molecule has 2 amide bonds. The number of carbonyl (C=O) groups is 2. The Hall–Kier alpha value is -3.13. The number of piperazine rings is 1. The Kier molecular flexibility index (Phi) is 5.35. The highest BCUT2D eigenvalue weighted by molar-refractivity contribution is 6.06. The summed E-state index contributed by atoms with van der Waals surface area (Å²) in [4.78, 5) is 35.6. The van der Waals surface area contributed by atoms with Crippen LogP contribution in [0.25, 0.3) is 0 Å². The van der Waals surface area contributed by atoms with Gasteiger partial charge in [-0.05, 0) is 38.2 Å². The fraction of sp³-hybridized carbons (Fsp3) is 0.381. The standard InChI is InChI=1S/C21H25N5O3/c1-15-21(28)26(17-5-3-4-6-18(17)29-15)14-20(27)23-16-7-8-19(22-13-16)25-11-9-24(2)10-12-25/h3-8,13,15H,9-12,14H2,1-2H3,(H,23,27). The second-order valence-corrected chi connectivity index (χ2v) is 7.40. The second kappa shape index (κ2) is 8.08. The molecule has 8 heteroatoms. The molecule has 0 aliphatic carbocycles. The van der Waals surface area contributed by atoms with Crippen LogP contribution in [0.3, 0.4) is 0 Å². The van der Waals surface area contributed by atoms with E-state index in [1.807, 2.05) is 24.3 Å². The van der Waals surface area contributed by atoms with Gasteiger partial charge in [0.05, 0.1) is 17.6 Å². The monoisotopic (exact) mass is 395 g/mol. The Balaban J connectivity index is 1.40. The molecule has 1 aromatic carbocycles. The van der Waals surface area contributed by atoms with E-state index in [0.29, 0.717) is 17.1 Å². The molecular weight excluding hydrogens is 370 g/mol. The van der Waals surface area contributed by atoms with E-state index in [4.69, 9.17) is 4.74 Å². The smallest absolute Gasteiger partial charge is 0.268 e. The molecule has 4 rings (SSSR count). The Morgan fingerprint density at radius 3 is 2.66 bits per heavy atom. The summed E-state index contributed by atoms with van der Waals surface area (Å²) in [5, 5.41) is 2.83. The number of hydrogen-bond acceptors (Lipinski definition) is 6. The van der Waals surface area contributed by atoms with Crippen molar-refractivity contribution in [1.82, 2.24) is 9.88 Å². The lowest BCUT2D eigenvalue weighted by Crippen LogP contribution is -2.47. The number of carbonyl (C=O) groups excluding carboxylic acids is 2. The maximum atomic E-state index is 12.6. The lowest BCUT2D eigenvalue weighted by Gasteiger charge is -2.33. The first-order valence-corrected chi connectivity index (χ1v) is 9.78. The van der Waals surface area contributed by atoms with Gasteiger partial charge in [-0.2, -0.15) is 0 Å². The molecule has 2 aromatic rings. The van der Waals surface area contributed by atoms with Gasteiger partial charge >= 0.3 is 0 Å². The van der Waals surface area contributed by atoms with Crippen molar-refractivity contribution in [3.05, 3.63) is 42.6 Å². The normalized spacial score (nSPS) is 19.5. The summed E-state index contributed by atoms with van der Waals surface area (Å²) >= 11 is 0. The average molecular weight is 395 g/mol. The van der Waals surface area contributed by atoms with E-state index in [-0.39, 0.29) is 18.4 Å². The molecule has 0 bridgehead atoms. The van der Waals surface area contributed by atoms with Crippen molar-refractivity contribution < 1.29 is 14.3 Å². The third kappa shape index (κ3) is 4.17. The average Bonchev–Trinajstić information content (AvgIpc) is 2.72. The quantitative estimate of drug-likeness (QED) is 0.847. The number of likely N-dealkylation sites (N-methyl/N-ethyl adjacent to an activating group) is 1. The van der Waals surface area contributed by atoms with Crippen molar-refractivity contribution in [2.45, 2.75) is 13.0 Å². The van der Waals surface area contributed by atoms with Crippen LogP contribution in [0.2, 0.25) is 0 Å². The maximum Gasteiger partial charge on any atom is 0.268 e. The largest absolute Gasteiger partial charge is 0.479 e. The van der Waals surface area contributed by atoms with Gasteiger partial charge in [0, 0.05) is 26.2 Å². The van der Waals surface area contributed by atoms with Crippen LogP contribution in [0.1, 0.15) is 6.92 Å². The summed E-state index contributed by atoms with van der Waals surface area (Å²) in [6.45, 7) is 5.49. The van der Waals surface area contributed by atoms with E-state index in [1.54, 1.807) is 25.3 Å². The van der Waals surface area contributed by atoms with Crippen LogP contribution in [-0.2, 0) is 9.59 Å². The van der Waals surface area contributed by atoms with Crippen molar-refractivity contribution in [2.75, 3.05) is 54.9 Å². The predicted octanol–water partition coefficient (Wildman–Crippen LogP) is 1.59. The Morgan fingerprint density at radius 2 is 1.93 bits per heavy atom. The van der Waals surface area contributed by atoms with E-state index in [2.05, 4.69) is 27.1 Å². The minimum absolute atomic E-state index is 0.0796. The molecule has 29 heavy (non-hydrogen) atoms. The van der Waals surface area contributed by atoms with Gasteiger partial charge in [0.15, 0.2) is 6.10 Å². The number of nitrogens with one attached hydrogen (secondary N) is 1. The SMILES string of the molecule is CC1Oc2ccccc2N(CC(=O)Nc2ccc(N3CCN(C)CC3)nc2)C1=O. The van der Waals surface area contributed by atoms with Gasteiger partial charge in [-0.3, -0.25) is 14.5 Å². The molecule has 1 unspecified atom stereocenters. The second-order valence-electron chi connectivity index (χ2n) is 7.40. The highest BCUT2D eigenvalue weighted by atomic mass is 16.5. The van der Waals surface area contributed by atoms with Crippen LogP contribution in [0.15, 0.2) is 42.6 Å². The van der Waals surface area contributed by atoms with Gasteiger partial charge in [-0.25, -0.2) is 4.98 Å². The van der Waals surface area contributed by atoms with Crippen LogP contribution in [0.5, 0.6) is 5.75 Å². The third-order valence-electron chi connectivity index (χ3n) is 5.23. The number of ether oxygens (including phenoxy) is 1. The minimum Gasteiger partial charge on any atom is -0.479 e. The van der Waals surface area contributed by atoms with Crippen LogP contribution >= 0.6 is 0 Å². The molecule has 152 valence electrons. The lowest BCUT2D eigenvalue weighted by atomic mass is 10.2. The molecule has 1 aromatic heterocycles. The molecule has 8 nitrogen and oxygen atoms in total. The van der Waals surface area contributed by atoms with E-state index in [0.717, 1.165) is 32.0 Å². The molecule has 0 radical (unpaired) electrons. The Labute approximate surface area is 170 Å². The number of fused-ring (bicyclic) bond motifs is 1. The van der Waals surface area contributed by atoms with Crippen molar-refractivity contribution in [1.29, 1.82) is 0 Å². The van der Waals surface area contributed by atoms with Gasteiger partial charge in [0.25, 0.3) is 5.91 Å². The molecule has 1 N–H and O–H groups in total. The first kappa shape index (κ1) is 19.2. The number of amides is 2. The molecule has 2 aliphatic heterocycles. The topological polar surface area (TPSA) is 78.0 Å².